The van der Waals surface area contributed by atoms with E-state index >= 15 is 0 Å². The van der Waals surface area contributed by atoms with E-state index in [1.165, 1.54) is 6.92 Å². The molecule has 2 rings (SSSR count). The van der Waals surface area contributed by atoms with Gasteiger partial charge in [-0.1, -0.05) is 12.1 Å². The Morgan fingerprint density at radius 1 is 0.903 bits per heavy atom. The molecule has 0 saturated carbocycles. The lowest BCUT2D eigenvalue weighted by Gasteiger charge is -2.27. The summed E-state index contributed by atoms with van der Waals surface area (Å²) in [6.45, 7) is 7.00. The van der Waals surface area contributed by atoms with Gasteiger partial charge in [0.1, 0.15) is 11.9 Å². The number of methoxy groups -OCH3 is 4. The van der Waals surface area contributed by atoms with E-state index in [9.17, 15) is 4.79 Å². The highest BCUT2D eigenvalue weighted by atomic mass is 16.6. The fraction of sp³-hybridized carbons (Fsp3) is 0.375. The number of benzene rings is 2. The van der Waals surface area contributed by atoms with Gasteiger partial charge < -0.3 is 28.4 Å². The first kappa shape index (κ1) is 23.9. The number of rotatable bonds is 11. The van der Waals surface area contributed by atoms with Gasteiger partial charge in [0, 0.05) is 24.1 Å². The van der Waals surface area contributed by atoms with Crippen LogP contribution in [0.2, 0.25) is 0 Å². The molecule has 168 valence electrons. The molecule has 0 bridgehead atoms. The molecule has 2 aromatic rings. The second-order valence-corrected chi connectivity index (χ2v) is 6.78. The number of carbonyl (C=O) groups excluding carboxylic acids is 1. The minimum atomic E-state index is -0.679. The number of hydrogen-bond acceptors (Lipinski definition) is 7. The number of ether oxygens (including phenoxy) is 6. The molecule has 0 unspecified atom stereocenters. The Kier molecular flexibility index (Phi) is 8.61. The summed E-state index contributed by atoms with van der Waals surface area (Å²) in [6.07, 6.45) is 1.14. The maximum Gasteiger partial charge on any atom is 0.303 e. The molecule has 0 spiro atoms. The summed E-state index contributed by atoms with van der Waals surface area (Å²) in [5.74, 6) is 2.40. The molecule has 2 atom stereocenters. The first-order valence-electron chi connectivity index (χ1n) is 9.80. The molecule has 0 saturated heterocycles. The first-order valence-corrected chi connectivity index (χ1v) is 9.80. The van der Waals surface area contributed by atoms with Crippen molar-refractivity contribution in [3.8, 4) is 28.7 Å². The highest BCUT2D eigenvalue weighted by Crippen LogP contribution is 2.38. The van der Waals surface area contributed by atoms with Gasteiger partial charge in [-0.25, -0.2) is 0 Å². The molecule has 0 N–H and O–H groups in total. The molecule has 0 heterocycles. The number of carbonyl (C=O) groups is 1. The van der Waals surface area contributed by atoms with E-state index in [2.05, 4.69) is 6.58 Å². The zero-order valence-electron chi connectivity index (χ0n) is 18.9. The molecule has 0 aliphatic heterocycles. The van der Waals surface area contributed by atoms with Crippen molar-refractivity contribution >= 4 is 5.97 Å². The molecule has 31 heavy (non-hydrogen) atoms. The normalized spacial score (nSPS) is 12.3. The van der Waals surface area contributed by atoms with Gasteiger partial charge in [0.2, 0.25) is 0 Å². The van der Waals surface area contributed by atoms with Crippen LogP contribution in [-0.2, 0) is 16.0 Å². The van der Waals surface area contributed by atoms with Crippen LogP contribution in [0.3, 0.4) is 0 Å². The number of hydrogen-bond donors (Lipinski definition) is 0. The fourth-order valence-corrected chi connectivity index (χ4v) is 3.23. The summed E-state index contributed by atoms with van der Waals surface area (Å²) in [4.78, 5) is 11.8. The van der Waals surface area contributed by atoms with Gasteiger partial charge in [0.05, 0.1) is 28.4 Å². The van der Waals surface area contributed by atoms with Crippen LogP contribution in [0.4, 0.5) is 0 Å². The Labute approximate surface area is 183 Å². The van der Waals surface area contributed by atoms with Gasteiger partial charge in [-0.2, -0.15) is 0 Å². The standard InChI is InChI=1S/C24H30O7/c1-8-9-17-12-22(28-6)23(29-7)14-20(17)30-15(2)24(31-16(3)25)18-10-11-19(26-4)21(13-18)27-5/h8,10-15,24H,1,9H2,2-7H3/t15-,24+/m1/s1. The third-order valence-electron chi connectivity index (χ3n) is 4.70. The van der Waals surface area contributed by atoms with E-state index in [1.807, 2.05) is 19.1 Å². The highest BCUT2D eigenvalue weighted by Gasteiger charge is 2.27. The molecule has 0 radical (unpaired) electrons. The number of allylic oxidation sites excluding steroid dienone is 1. The molecule has 0 aliphatic carbocycles. The van der Waals surface area contributed by atoms with Crippen molar-refractivity contribution in [3.05, 3.63) is 54.1 Å². The second-order valence-electron chi connectivity index (χ2n) is 6.78. The lowest BCUT2D eigenvalue weighted by Crippen LogP contribution is -2.26. The van der Waals surface area contributed by atoms with Crippen LogP contribution in [0.1, 0.15) is 31.1 Å². The minimum absolute atomic E-state index is 0.422. The lowest BCUT2D eigenvalue weighted by atomic mass is 10.0. The molecule has 0 aromatic heterocycles. The van der Waals surface area contributed by atoms with E-state index in [-0.39, 0.29) is 0 Å². The highest BCUT2D eigenvalue weighted by molar-refractivity contribution is 5.66. The zero-order valence-corrected chi connectivity index (χ0v) is 18.9. The summed E-state index contributed by atoms with van der Waals surface area (Å²) in [5.41, 5.74) is 1.58. The van der Waals surface area contributed by atoms with Crippen LogP contribution in [0.25, 0.3) is 0 Å². The van der Waals surface area contributed by atoms with Crippen LogP contribution in [0.5, 0.6) is 28.7 Å². The second kappa shape index (κ2) is 11.2. The Morgan fingerprint density at radius 2 is 1.48 bits per heavy atom. The molecule has 7 heteroatoms. The van der Waals surface area contributed by atoms with Crippen molar-refractivity contribution in [1.82, 2.24) is 0 Å². The average Bonchev–Trinajstić information content (AvgIpc) is 2.77. The van der Waals surface area contributed by atoms with Gasteiger partial charge in [0.15, 0.2) is 29.1 Å². The maximum absolute atomic E-state index is 11.8. The van der Waals surface area contributed by atoms with Crippen LogP contribution in [0.15, 0.2) is 43.0 Å². The predicted molar refractivity (Wildman–Crippen MR) is 118 cm³/mol. The summed E-state index contributed by atoms with van der Waals surface area (Å²) >= 11 is 0. The van der Waals surface area contributed by atoms with Crippen molar-refractivity contribution in [3.63, 3.8) is 0 Å². The summed E-state index contributed by atoms with van der Waals surface area (Å²) in [5, 5.41) is 0. The summed E-state index contributed by atoms with van der Waals surface area (Å²) in [7, 11) is 6.24. The molecule has 2 aromatic carbocycles. The van der Waals surface area contributed by atoms with Crippen LogP contribution in [-0.4, -0.2) is 40.5 Å². The van der Waals surface area contributed by atoms with Crippen molar-refractivity contribution in [2.24, 2.45) is 0 Å². The quantitative estimate of drug-likeness (QED) is 0.383. The Bertz CT molecular complexity index is 907. The molecule has 0 aliphatic rings. The van der Waals surface area contributed by atoms with Crippen molar-refractivity contribution in [2.75, 3.05) is 28.4 Å². The van der Waals surface area contributed by atoms with E-state index in [0.717, 1.165) is 5.56 Å². The monoisotopic (exact) mass is 430 g/mol. The van der Waals surface area contributed by atoms with E-state index in [4.69, 9.17) is 28.4 Å². The smallest absolute Gasteiger partial charge is 0.303 e. The zero-order chi connectivity index (χ0) is 23.0. The predicted octanol–water partition coefficient (Wildman–Crippen LogP) is 4.52. The summed E-state index contributed by atoms with van der Waals surface area (Å²) in [6, 6.07) is 8.95. The van der Waals surface area contributed by atoms with Crippen LogP contribution in [0, 0.1) is 0 Å². The minimum Gasteiger partial charge on any atom is -0.493 e. The van der Waals surface area contributed by atoms with E-state index in [1.54, 1.807) is 52.7 Å². The number of esters is 1. The van der Waals surface area contributed by atoms with Gasteiger partial charge in [0.25, 0.3) is 0 Å². The Balaban J connectivity index is 2.44. The molecule has 0 fully saturated rings. The Morgan fingerprint density at radius 3 is 2.03 bits per heavy atom. The largest absolute Gasteiger partial charge is 0.493 e. The van der Waals surface area contributed by atoms with Crippen LogP contribution < -0.4 is 23.7 Å². The van der Waals surface area contributed by atoms with Crippen LogP contribution >= 0.6 is 0 Å². The fourth-order valence-electron chi connectivity index (χ4n) is 3.23. The van der Waals surface area contributed by atoms with Crippen molar-refractivity contribution in [2.45, 2.75) is 32.5 Å². The third-order valence-corrected chi connectivity index (χ3v) is 4.70. The molecular weight excluding hydrogens is 400 g/mol. The van der Waals surface area contributed by atoms with Crippen molar-refractivity contribution in [1.29, 1.82) is 0 Å². The molecule has 7 nitrogen and oxygen atoms in total. The molecular formula is C24H30O7. The third kappa shape index (κ3) is 5.84. The van der Waals surface area contributed by atoms with Gasteiger partial charge in [-0.05, 0) is 31.5 Å². The Hall–Kier alpha value is -3.35. The van der Waals surface area contributed by atoms with Gasteiger partial charge in [-0.3, -0.25) is 4.79 Å². The molecule has 0 amide bonds. The summed E-state index contributed by atoms with van der Waals surface area (Å²) < 4.78 is 33.4. The average molecular weight is 430 g/mol. The van der Waals surface area contributed by atoms with Crippen molar-refractivity contribution < 1.29 is 33.2 Å². The topological polar surface area (TPSA) is 72.5 Å². The lowest BCUT2D eigenvalue weighted by molar-refractivity contribution is -0.151. The van der Waals surface area contributed by atoms with Gasteiger partial charge in [-0.15, -0.1) is 6.58 Å². The first-order chi connectivity index (χ1) is 14.9. The maximum atomic E-state index is 11.8. The SMILES string of the molecule is C=CCc1cc(OC)c(OC)cc1O[C@H](C)[C@H](OC(C)=O)c1ccc(OC)c(OC)c1. The van der Waals surface area contributed by atoms with Gasteiger partial charge >= 0.3 is 5.97 Å². The van der Waals surface area contributed by atoms with E-state index in [0.29, 0.717) is 40.7 Å². The van der Waals surface area contributed by atoms with E-state index < -0.39 is 18.2 Å².